The van der Waals surface area contributed by atoms with Crippen LogP contribution in [-0.2, 0) is 11.3 Å². The first-order chi connectivity index (χ1) is 9.99. The van der Waals surface area contributed by atoms with Crippen LogP contribution < -0.4 is 0 Å². The number of likely N-dealkylation sites (N-methyl/N-ethyl adjacent to an activating group) is 1. The molecule has 0 fully saturated rings. The number of amides is 1. The molecule has 2 aromatic rings. The van der Waals surface area contributed by atoms with Gasteiger partial charge in [-0.1, -0.05) is 12.1 Å². The fourth-order valence-electron chi connectivity index (χ4n) is 1.89. The Morgan fingerprint density at radius 3 is 2.52 bits per heavy atom. The molecule has 1 atom stereocenters. The van der Waals surface area contributed by atoms with Crippen LogP contribution in [0.4, 0.5) is 0 Å². The molecule has 6 nitrogen and oxygen atoms in total. The minimum absolute atomic E-state index is 0.306. The molecule has 2 rings (SSSR count). The number of imidazole rings is 1. The standard InChI is InChI=1S/C15H17N3O3/c1-11(15(20)21)17(2)14(19)13-5-3-12(4-6-13)9-18-8-7-16-10-18/h3-8,10-11H,9H2,1-2H3,(H,20,21). The first kappa shape index (κ1) is 14.8. The molecule has 1 unspecified atom stereocenters. The van der Waals surface area contributed by atoms with Crippen LogP contribution in [0.2, 0.25) is 0 Å². The van der Waals surface area contributed by atoms with Crippen molar-refractivity contribution < 1.29 is 14.7 Å². The fourth-order valence-corrected chi connectivity index (χ4v) is 1.89. The predicted octanol–water partition coefficient (Wildman–Crippen LogP) is 1.48. The van der Waals surface area contributed by atoms with Gasteiger partial charge in [-0.25, -0.2) is 9.78 Å². The summed E-state index contributed by atoms with van der Waals surface area (Å²) in [6, 6.07) is 6.27. The zero-order valence-electron chi connectivity index (χ0n) is 11.9. The molecule has 0 bridgehead atoms. The predicted molar refractivity (Wildman–Crippen MR) is 77.0 cm³/mol. The summed E-state index contributed by atoms with van der Waals surface area (Å²) < 4.78 is 1.93. The van der Waals surface area contributed by atoms with Gasteiger partial charge in [0.15, 0.2) is 0 Å². The number of carboxylic acids is 1. The zero-order valence-corrected chi connectivity index (χ0v) is 11.9. The molecular weight excluding hydrogens is 270 g/mol. The van der Waals surface area contributed by atoms with Gasteiger partial charge in [0.1, 0.15) is 6.04 Å². The van der Waals surface area contributed by atoms with Crippen LogP contribution in [-0.4, -0.2) is 44.5 Å². The molecule has 21 heavy (non-hydrogen) atoms. The van der Waals surface area contributed by atoms with Crippen LogP contribution in [0.1, 0.15) is 22.8 Å². The van der Waals surface area contributed by atoms with Crippen molar-refractivity contribution >= 4 is 11.9 Å². The van der Waals surface area contributed by atoms with Gasteiger partial charge in [-0.2, -0.15) is 0 Å². The van der Waals surface area contributed by atoms with Gasteiger partial charge < -0.3 is 14.6 Å². The molecular formula is C15H17N3O3. The first-order valence-corrected chi connectivity index (χ1v) is 6.53. The lowest BCUT2D eigenvalue weighted by atomic mass is 10.1. The monoisotopic (exact) mass is 287 g/mol. The molecule has 110 valence electrons. The molecule has 1 aromatic carbocycles. The van der Waals surface area contributed by atoms with Gasteiger partial charge in [0.25, 0.3) is 5.91 Å². The van der Waals surface area contributed by atoms with Crippen LogP contribution in [0.15, 0.2) is 43.0 Å². The number of rotatable bonds is 5. The molecule has 0 aliphatic carbocycles. The van der Waals surface area contributed by atoms with Crippen LogP contribution in [0, 0.1) is 0 Å². The number of carboxylic acid groups (broad SMARTS) is 1. The van der Waals surface area contributed by atoms with E-state index in [4.69, 9.17) is 5.11 Å². The second kappa shape index (κ2) is 6.21. The van der Waals surface area contributed by atoms with Crippen molar-refractivity contribution in [3.8, 4) is 0 Å². The summed E-state index contributed by atoms with van der Waals surface area (Å²) in [6.07, 6.45) is 5.29. The quantitative estimate of drug-likeness (QED) is 0.903. The van der Waals surface area contributed by atoms with Crippen LogP contribution in [0.3, 0.4) is 0 Å². The molecule has 0 aliphatic heterocycles. The van der Waals surface area contributed by atoms with Crippen molar-refractivity contribution in [3.05, 3.63) is 54.1 Å². The average molecular weight is 287 g/mol. The minimum Gasteiger partial charge on any atom is -0.480 e. The van der Waals surface area contributed by atoms with E-state index in [0.29, 0.717) is 12.1 Å². The Balaban J connectivity index is 2.08. The fraction of sp³-hybridized carbons (Fsp3) is 0.267. The van der Waals surface area contributed by atoms with E-state index in [0.717, 1.165) is 5.56 Å². The van der Waals surface area contributed by atoms with Gasteiger partial charge in [0.2, 0.25) is 0 Å². The summed E-state index contributed by atoms with van der Waals surface area (Å²) in [5.41, 5.74) is 1.51. The maximum Gasteiger partial charge on any atom is 0.326 e. The number of carbonyl (C=O) groups is 2. The smallest absolute Gasteiger partial charge is 0.326 e. The topological polar surface area (TPSA) is 75.4 Å². The molecule has 1 N–H and O–H groups in total. The summed E-state index contributed by atoms with van der Waals surface area (Å²) in [6.45, 7) is 2.16. The molecule has 1 aromatic heterocycles. The van der Waals surface area contributed by atoms with Crippen LogP contribution >= 0.6 is 0 Å². The molecule has 0 spiro atoms. The van der Waals surface area contributed by atoms with E-state index in [1.54, 1.807) is 24.7 Å². The van der Waals surface area contributed by atoms with E-state index in [1.165, 1.54) is 18.9 Å². The lowest BCUT2D eigenvalue weighted by Crippen LogP contribution is -2.40. The van der Waals surface area contributed by atoms with Crippen molar-refractivity contribution in [2.45, 2.75) is 19.5 Å². The van der Waals surface area contributed by atoms with Crippen molar-refractivity contribution in [2.75, 3.05) is 7.05 Å². The largest absolute Gasteiger partial charge is 0.480 e. The minimum atomic E-state index is -1.03. The van der Waals surface area contributed by atoms with Gasteiger partial charge in [-0.15, -0.1) is 0 Å². The highest BCUT2D eigenvalue weighted by Gasteiger charge is 2.22. The maximum absolute atomic E-state index is 12.2. The van der Waals surface area contributed by atoms with Crippen molar-refractivity contribution in [3.63, 3.8) is 0 Å². The van der Waals surface area contributed by atoms with Gasteiger partial charge in [-0.05, 0) is 24.6 Å². The molecule has 0 radical (unpaired) electrons. The Kier molecular flexibility index (Phi) is 4.37. The molecule has 0 saturated carbocycles. The zero-order chi connectivity index (χ0) is 15.4. The summed E-state index contributed by atoms with van der Waals surface area (Å²) >= 11 is 0. The molecule has 6 heteroatoms. The van der Waals surface area contributed by atoms with Gasteiger partial charge in [0.05, 0.1) is 6.33 Å². The lowest BCUT2D eigenvalue weighted by molar-refractivity contribution is -0.141. The van der Waals surface area contributed by atoms with Gasteiger partial charge in [0, 0.05) is 31.5 Å². The third-order valence-corrected chi connectivity index (χ3v) is 3.38. The third kappa shape index (κ3) is 3.47. The highest BCUT2D eigenvalue weighted by atomic mass is 16.4. The molecule has 1 heterocycles. The lowest BCUT2D eigenvalue weighted by Gasteiger charge is -2.21. The Labute approximate surface area is 122 Å². The highest BCUT2D eigenvalue weighted by molar-refractivity contribution is 5.96. The third-order valence-electron chi connectivity index (χ3n) is 3.38. The number of hydrogen-bond acceptors (Lipinski definition) is 3. The molecule has 0 saturated heterocycles. The summed E-state index contributed by atoms with van der Waals surface area (Å²) in [7, 11) is 1.49. The number of aromatic nitrogens is 2. The van der Waals surface area contributed by atoms with Crippen LogP contribution in [0.5, 0.6) is 0 Å². The van der Waals surface area contributed by atoms with Crippen molar-refractivity contribution in [2.24, 2.45) is 0 Å². The van der Waals surface area contributed by atoms with E-state index in [-0.39, 0.29) is 5.91 Å². The Morgan fingerprint density at radius 1 is 1.33 bits per heavy atom. The Morgan fingerprint density at radius 2 is 2.00 bits per heavy atom. The number of hydrogen-bond donors (Lipinski definition) is 1. The van der Waals surface area contributed by atoms with E-state index in [9.17, 15) is 9.59 Å². The van der Waals surface area contributed by atoms with E-state index >= 15 is 0 Å². The van der Waals surface area contributed by atoms with Gasteiger partial charge in [-0.3, -0.25) is 4.79 Å². The summed E-state index contributed by atoms with van der Waals surface area (Å²) in [5, 5.41) is 8.93. The number of carbonyl (C=O) groups excluding carboxylic acids is 1. The van der Waals surface area contributed by atoms with Gasteiger partial charge >= 0.3 is 5.97 Å². The van der Waals surface area contributed by atoms with E-state index in [2.05, 4.69) is 4.98 Å². The second-order valence-electron chi connectivity index (χ2n) is 4.86. The van der Waals surface area contributed by atoms with Crippen molar-refractivity contribution in [1.82, 2.24) is 14.5 Å². The first-order valence-electron chi connectivity index (χ1n) is 6.53. The number of nitrogens with zero attached hydrogens (tertiary/aromatic N) is 3. The number of benzene rings is 1. The summed E-state index contributed by atoms with van der Waals surface area (Å²) in [5.74, 6) is -1.33. The second-order valence-corrected chi connectivity index (χ2v) is 4.86. The highest BCUT2D eigenvalue weighted by Crippen LogP contribution is 2.10. The summed E-state index contributed by atoms with van der Waals surface area (Å²) in [4.78, 5) is 28.3. The molecule has 0 aliphatic rings. The maximum atomic E-state index is 12.2. The Bertz CT molecular complexity index is 620. The van der Waals surface area contributed by atoms with E-state index in [1.807, 2.05) is 22.9 Å². The normalized spacial score (nSPS) is 11.9. The van der Waals surface area contributed by atoms with E-state index < -0.39 is 12.0 Å². The molecule has 1 amide bonds. The Hall–Kier alpha value is -2.63. The number of aliphatic carboxylic acids is 1. The van der Waals surface area contributed by atoms with Crippen LogP contribution in [0.25, 0.3) is 0 Å². The van der Waals surface area contributed by atoms with Crippen molar-refractivity contribution in [1.29, 1.82) is 0 Å². The SMILES string of the molecule is CC(C(=O)O)N(C)C(=O)c1ccc(Cn2ccnc2)cc1. The average Bonchev–Trinajstić information content (AvgIpc) is 2.98.